The van der Waals surface area contributed by atoms with Crippen molar-refractivity contribution in [1.82, 2.24) is 0 Å². The van der Waals surface area contributed by atoms with Crippen molar-refractivity contribution in [3.05, 3.63) is 21.9 Å². The zero-order chi connectivity index (χ0) is 12.5. The maximum absolute atomic E-state index is 11.7. The van der Waals surface area contributed by atoms with Crippen LogP contribution < -0.4 is 0 Å². The van der Waals surface area contributed by atoms with Gasteiger partial charge in [-0.05, 0) is 25.0 Å². The first-order chi connectivity index (χ1) is 8.27. The Bertz CT molecular complexity index is 331. The van der Waals surface area contributed by atoms with Crippen molar-refractivity contribution < 1.29 is 9.53 Å². The van der Waals surface area contributed by atoms with Gasteiger partial charge in [-0.2, -0.15) is 0 Å². The summed E-state index contributed by atoms with van der Waals surface area (Å²) in [5.41, 5.74) is 0. The summed E-state index contributed by atoms with van der Waals surface area (Å²) in [4.78, 5) is 13.8. The molecular weight excluding hydrogens is 232 g/mol. The third-order valence-corrected chi connectivity index (χ3v) is 3.93. The van der Waals surface area contributed by atoms with Crippen molar-refractivity contribution in [2.24, 2.45) is 0 Å². The number of carbonyl (C=O) groups is 1. The molecule has 0 fully saturated rings. The van der Waals surface area contributed by atoms with E-state index in [1.54, 1.807) is 11.3 Å². The molecular formula is C14H22O2S. The Hall–Kier alpha value is -0.670. The number of aryl methyl sites for hydroxylation is 1. The molecule has 17 heavy (non-hydrogen) atoms. The van der Waals surface area contributed by atoms with Crippen molar-refractivity contribution in [3.63, 3.8) is 0 Å². The molecule has 0 unspecified atom stereocenters. The molecule has 1 aromatic heterocycles. The topological polar surface area (TPSA) is 26.3 Å². The van der Waals surface area contributed by atoms with Gasteiger partial charge in [0.1, 0.15) is 6.61 Å². The van der Waals surface area contributed by atoms with E-state index in [9.17, 15) is 4.79 Å². The Morgan fingerprint density at radius 1 is 1.24 bits per heavy atom. The second-order valence-electron chi connectivity index (χ2n) is 4.16. The van der Waals surface area contributed by atoms with Gasteiger partial charge in [-0.15, -0.1) is 11.3 Å². The molecule has 0 aliphatic carbocycles. The first-order valence-corrected chi connectivity index (χ1v) is 7.29. The number of hydrogen-bond acceptors (Lipinski definition) is 3. The normalized spacial score (nSPS) is 10.7. The van der Waals surface area contributed by atoms with Crippen molar-refractivity contribution >= 4 is 17.1 Å². The van der Waals surface area contributed by atoms with Crippen LogP contribution in [0.15, 0.2) is 12.1 Å². The molecule has 96 valence electrons. The lowest BCUT2D eigenvalue weighted by molar-refractivity contribution is 0.0756. The van der Waals surface area contributed by atoms with Gasteiger partial charge in [-0.3, -0.25) is 4.79 Å². The summed E-state index contributed by atoms with van der Waals surface area (Å²) in [5.74, 6) is 0.116. The molecule has 0 aliphatic rings. The Labute approximate surface area is 108 Å². The van der Waals surface area contributed by atoms with E-state index >= 15 is 0 Å². The average Bonchev–Trinajstić information content (AvgIpc) is 2.82. The smallest absolute Gasteiger partial charge is 0.198 e. The lowest BCUT2D eigenvalue weighted by Crippen LogP contribution is -2.08. The molecule has 0 aromatic carbocycles. The van der Waals surface area contributed by atoms with Crippen LogP contribution in [-0.2, 0) is 11.2 Å². The van der Waals surface area contributed by atoms with Gasteiger partial charge in [0, 0.05) is 11.5 Å². The van der Waals surface area contributed by atoms with Crippen LogP contribution in [0.2, 0.25) is 0 Å². The summed E-state index contributed by atoms with van der Waals surface area (Å²) in [6.07, 6.45) is 5.74. The fraction of sp³-hybridized carbons (Fsp3) is 0.643. The fourth-order valence-corrected chi connectivity index (χ4v) is 2.46. The summed E-state index contributed by atoms with van der Waals surface area (Å²) in [5, 5.41) is 0. The van der Waals surface area contributed by atoms with Crippen LogP contribution in [0.5, 0.6) is 0 Å². The third kappa shape index (κ3) is 5.46. The van der Waals surface area contributed by atoms with Crippen LogP contribution in [0.25, 0.3) is 0 Å². The first-order valence-electron chi connectivity index (χ1n) is 6.47. The van der Waals surface area contributed by atoms with E-state index in [2.05, 4.69) is 13.8 Å². The molecule has 1 heterocycles. The van der Waals surface area contributed by atoms with E-state index in [-0.39, 0.29) is 12.4 Å². The van der Waals surface area contributed by atoms with Gasteiger partial charge in [0.2, 0.25) is 0 Å². The number of ether oxygens (including phenoxy) is 1. The van der Waals surface area contributed by atoms with Crippen LogP contribution >= 0.6 is 11.3 Å². The Morgan fingerprint density at radius 2 is 2.06 bits per heavy atom. The zero-order valence-corrected chi connectivity index (χ0v) is 11.6. The zero-order valence-electron chi connectivity index (χ0n) is 10.8. The molecule has 1 aromatic rings. The van der Waals surface area contributed by atoms with Gasteiger partial charge in [0.25, 0.3) is 0 Å². The largest absolute Gasteiger partial charge is 0.373 e. The van der Waals surface area contributed by atoms with E-state index in [1.807, 2.05) is 12.1 Å². The molecule has 0 spiro atoms. The SMILES string of the molecule is CCCCCCOCC(=O)c1ccc(CC)s1. The van der Waals surface area contributed by atoms with Gasteiger partial charge in [0.05, 0.1) is 4.88 Å². The van der Waals surface area contributed by atoms with E-state index in [0.29, 0.717) is 6.61 Å². The predicted molar refractivity (Wildman–Crippen MR) is 73.0 cm³/mol. The molecule has 0 amide bonds. The highest BCUT2D eigenvalue weighted by Crippen LogP contribution is 2.17. The van der Waals surface area contributed by atoms with E-state index in [4.69, 9.17) is 4.74 Å². The van der Waals surface area contributed by atoms with Gasteiger partial charge in [-0.1, -0.05) is 33.1 Å². The molecule has 0 aliphatic heterocycles. The standard InChI is InChI=1S/C14H22O2S/c1-3-5-6-7-10-16-11-13(15)14-9-8-12(4-2)17-14/h8-9H,3-7,10-11H2,1-2H3. The fourth-order valence-electron chi connectivity index (χ4n) is 1.58. The molecule has 0 saturated heterocycles. The van der Waals surface area contributed by atoms with Crippen LogP contribution in [0.4, 0.5) is 0 Å². The number of carbonyl (C=O) groups excluding carboxylic acids is 1. The molecule has 1 rings (SSSR count). The van der Waals surface area contributed by atoms with Gasteiger partial charge in [-0.25, -0.2) is 0 Å². The second kappa shape index (κ2) is 8.43. The Morgan fingerprint density at radius 3 is 2.71 bits per heavy atom. The lowest BCUT2D eigenvalue weighted by atomic mass is 10.2. The van der Waals surface area contributed by atoms with E-state index in [1.165, 1.54) is 24.1 Å². The predicted octanol–water partition coefficient (Wildman–Crippen LogP) is 4.09. The number of hydrogen-bond donors (Lipinski definition) is 0. The maximum Gasteiger partial charge on any atom is 0.198 e. The highest BCUT2D eigenvalue weighted by molar-refractivity contribution is 7.14. The van der Waals surface area contributed by atoms with Gasteiger partial charge < -0.3 is 4.74 Å². The van der Waals surface area contributed by atoms with Crippen molar-refractivity contribution in [3.8, 4) is 0 Å². The highest BCUT2D eigenvalue weighted by Gasteiger charge is 2.08. The number of ketones is 1. The molecule has 2 nitrogen and oxygen atoms in total. The number of unbranched alkanes of at least 4 members (excludes halogenated alkanes) is 3. The van der Waals surface area contributed by atoms with Crippen molar-refractivity contribution in [2.45, 2.75) is 46.0 Å². The average molecular weight is 254 g/mol. The van der Waals surface area contributed by atoms with Gasteiger partial charge >= 0.3 is 0 Å². The first kappa shape index (κ1) is 14.4. The molecule has 0 radical (unpaired) electrons. The Balaban J connectivity index is 2.16. The monoisotopic (exact) mass is 254 g/mol. The number of Topliss-reactive ketones (excluding diaryl/α,β-unsaturated/α-hetero) is 1. The summed E-state index contributed by atoms with van der Waals surface area (Å²) in [6, 6.07) is 3.94. The number of thiophene rings is 1. The third-order valence-electron chi connectivity index (χ3n) is 2.66. The summed E-state index contributed by atoms with van der Waals surface area (Å²) in [7, 11) is 0. The molecule has 0 bridgehead atoms. The summed E-state index contributed by atoms with van der Waals surface area (Å²) >= 11 is 1.58. The van der Waals surface area contributed by atoms with E-state index < -0.39 is 0 Å². The minimum Gasteiger partial charge on any atom is -0.373 e. The van der Waals surface area contributed by atoms with Crippen LogP contribution in [-0.4, -0.2) is 19.0 Å². The molecule has 3 heteroatoms. The lowest BCUT2D eigenvalue weighted by Gasteiger charge is -2.02. The summed E-state index contributed by atoms with van der Waals surface area (Å²) in [6.45, 7) is 5.23. The van der Waals surface area contributed by atoms with Crippen molar-refractivity contribution in [1.29, 1.82) is 0 Å². The van der Waals surface area contributed by atoms with Crippen LogP contribution in [0, 0.1) is 0 Å². The van der Waals surface area contributed by atoms with Crippen LogP contribution in [0.1, 0.15) is 54.1 Å². The summed E-state index contributed by atoms with van der Waals surface area (Å²) < 4.78 is 5.40. The highest BCUT2D eigenvalue weighted by atomic mass is 32.1. The van der Waals surface area contributed by atoms with Gasteiger partial charge in [0.15, 0.2) is 5.78 Å². The van der Waals surface area contributed by atoms with Crippen molar-refractivity contribution in [2.75, 3.05) is 13.2 Å². The van der Waals surface area contributed by atoms with E-state index in [0.717, 1.165) is 17.7 Å². The Kier molecular flexibility index (Phi) is 7.13. The minimum absolute atomic E-state index is 0.116. The minimum atomic E-state index is 0.116. The van der Waals surface area contributed by atoms with Crippen LogP contribution in [0.3, 0.4) is 0 Å². The molecule has 0 atom stereocenters. The molecule has 0 saturated carbocycles. The quantitative estimate of drug-likeness (QED) is 0.490. The number of rotatable bonds is 9. The second-order valence-corrected chi connectivity index (χ2v) is 5.32. The molecule has 0 N–H and O–H groups in total. The maximum atomic E-state index is 11.7.